The Labute approximate surface area is 136 Å². The van der Waals surface area contributed by atoms with E-state index in [9.17, 15) is 0 Å². The van der Waals surface area contributed by atoms with E-state index in [-0.39, 0.29) is 0 Å². The summed E-state index contributed by atoms with van der Waals surface area (Å²) in [7, 11) is 0. The van der Waals surface area contributed by atoms with Gasteiger partial charge in [-0.2, -0.15) is 0 Å². The molecular weight excluding hydrogens is 284 g/mol. The smallest absolute Gasteiger partial charge is 0.105 e. The van der Waals surface area contributed by atoms with Crippen LogP contribution >= 0.6 is 0 Å². The van der Waals surface area contributed by atoms with Crippen LogP contribution in [-0.4, -0.2) is 28.9 Å². The molecule has 0 saturated heterocycles. The van der Waals surface area contributed by atoms with Crippen molar-refractivity contribution in [1.29, 1.82) is 0 Å². The molecule has 2 N–H and O–H groups in total. The molecule has 0 aliphatic carbocycles. The Morgan fingerprint density at radius 3 is 2.65 bits per heavy atom. The summed E-state index contributed by atoms with van der Waals surface area (Å²) in [6, 6.07) is 15.0. The zero-order chi connectivity index (χ0) is 15.9. The standard InChI is InChI=1S/C14H14N2.C5H8N2/c1-2-7-13-11(4-1)5-3-6-12(13)10-14-15-8-9-16-14;1-2-5-6-3-4-7-5/h1-7H,8-10H2,(H,15,16);3-4H,2H2,1H3,(H,6,7). The summed E-state index contributed by atoms with van der Waals surface area (Å²) >= 11 is 0. The first-order chi connectivity index (χ1) is 11.4. The summed E-state index contributed by atoms with van der Waals surface area (Å²) in [5.74, 6) is 2.18. The van der Waals surface area contributed by atoms with Gasteiger partial charge in [-0.3, -0.25) is 4.99 Å². The summed E-state index contributed by atoms with van der Waals surface area (Å²) in [6.45, 7) is 3.97. The normalized spacial score (nSPS) is 13.2. The molecular formula is C19H22N4. The number of aromatic amines is 1. The molecule has 2 aromatic carbocycles. The number of amidine groups is 1. The van der Waals surface area contributed by atoms with Crippen LogP contribution in [0.2, 0.25) is 0 Å². The average Bonchev–Trinajstić information content (AvgIpc) is 3.29. The Bertz CT molecular complexity index is 770. The number of nitrogens with one attached hydrogen (secondary N) is 2. The molecule has 118 valence electrons. The van der Waals surface area contributed by atoms with E-state index in [1.54, 1.807) is 6.20 Å². The quantitative estimate of drug-likeness (QED) is 0.779. The van der Waals surface area contributed by atoms with Gasteiger partial charge in [-0.1, -0.05) is 49.4 Å². The molecule has 0 radical (unpaired) electrons. The van der Waals surface area contributed by atoms with E-state index in [0.29, 0.717) is 0 Å². The number of hydrogen-bond donors (Lipinski definition) is 2. The van der Waals surface area contributed by atoms with Crippen molar-refractivity contribution in [3.8, 4) is 0 Å². The van der Waals surface area contributed by atoms with Gasteiger partial charge in [-0.25, -0.2) is 4.98 Å². The molecule has 2 heterocycles. The highest BCUT2D eigenvalue weighted by Crippen LogP contribution is 2.19. The van der Waals surface area contributed by atoms with Crippen molar-refractivity contribution in [2.45, 2.75) is 19.8 Å². The van der Waals surface area contributed by atoms with Gasteiger partial charge in [-0.05, 0) is 16.3 Å². The van der Waals surface area contributed by atoms with Gasteiger partial charge in [0.1, 0.15) is 11.7 Å². The Morgan fingerprint density at radius 1 is 1.09 bits per heavy atom. The highest BCUT2D eigenvalue weighted by molar-refractivity contribution is 5.92. The van der Waals surface area contributed by atoms with Crippen molar-refractivity contribution < 1.29 is 0 Å². The minimum atomic E-state index is 0.917. The first-order valence-electron chi connectivity index (χ1n) is 8.09. The lowest BCUT2D eigenvalue weighted by molar-refractivity contribution is 0.954. The molecule has 0 spiro atoms. The van der Waals surface area contributed by atoms with E-state index >= 15 is 0 Å². The molecule has 0 bridgehead atoms. The van der Waals surface area contributed by atoms with Crippen molar-refractivity contribution in [3.05, 3.63) is 66.2 Å². The van der Waals surface area contributed by atoms with Crippen molar-refractivity contribution >= 4 is 16.6 Å². The van der Waals surface area contributed by atoms with E-state index in [1.165, 1.54) is 16.3 Å². The Morgan fingerprint density at radius 2 is 1.96 bits per heavy atom. The Kier molecular flexibility index (Phi) is 5.04. The maximum atomic E-state index is 4.44. The number of rotatable bonds is 3. The summed E-state index contributed by atoms with van der Waals surface area (Å²) in [6.07, 6.45) is 5.51. The second kappa shape index (κ2) is 7.58. The number of imidazole rings is 1. The third kappa shape index (κ3) is 3.97. The lowest BCUT2D eigenvalue weighted by Crippen LogP contribution is -2.20. The predicted molar refractivity (Wildman–Crippen MR) is 95.9 cm³/mol. The monoisotopic (exact) mass is 306 g/mol. The maximum Gasteiger partial charge on any atom is 0.105 e. The van der Waals surface area contributed by atoms with Crippen molar-refractivity contribution in [2.75, 3.05) is 13.1 Å². The molecule has 0 saturated carbocycles. The first kappa shape index (κ1) is 15.3. The van der Waals surface area contributed by atoms with Gasteiger partial charge in [-0.15, -0.1) is 0 Å². The number of aromatic nitrogens is 2. The van der Waals surface area contributed by atoms with Crippen LogP contribution < -0.4 is 5.32 Å². The average molecular weight is 306 g/mol. The van der Waals surface area contributed by atoms with Crippen LogP contribution in [0.5, 0.6) is 0 Å². The SMILES string of the molecule is CCc1ncc[nH]1.c1ccc2c(CC3=NCCN3)cccc2c1. The van der Waals surface area contributed by atoms with Gasteiger partial charge < -0.3 is 10.3 Å². The highest BCUT2D eigenvalue weighted by Gasteiger charge is 2.07. The molecule has 0 fully saturated rings. The molecule has 4 rings (SSSR count). The van der Waals surface area contributed by atoms with Gasteiger partial charge in [0.25, 0.3) is 0 Å². The van der Waals surface area contributed by atoms with Crippen molar-refractivity contribution in [1.82, 2.24) is 15.3 Å². The van der Waals surface area contributed by atoms with E-state index in [0.717, 1.165) is 37.6 Å². The van der Waals surface area contributed by atoms with Gasteiger partial charge in [0.15, 0.2) is 0 Å². The van der Waals surface area contributed by atoms with E-state index < -0.39 is 0 Å². The first-order valence-corrected chi connectivity index (χ1v) is 8.09. The predicted octanol–water partition coefficient (Wildman–Crippen LogP) is 3.36. The number of benzene rings is 2. The maximum absolute atomic E-state index is 4.44. The lowest BCUT2D eigenvalue weighted by atomic mass is 10.0. The Hall–Kier alpha value is -2.62. The highest BCUT2D eigenvalue weighted by atomic mass is 15.1. The van der Waals surface area contributed by atoms with Gasteiger partial charge in [0, 0.05) is 31.8 Å². The second-order valence-electron chi connectivity index (χ2n) is 5.46. The Balaban J connectivity index is 0.000000188. The third-order valence-electron chi connectivity index (χ3n) is 3.87. The van der Waals surface area contributed by atoms with E-state index in [4.69, 9.17) is 0 Å². The molecule has 23 heavy (non-hydrogen) atoms. The minimum Gasteiger partial charge on any atom is -0.372 e. The molecule has 0 unspecified atom stereocenters. The fourth-order valence-corrected chi connectivity index (χ4v) is 2.68. The largest absolute Gasteiger partial charge is 0.372 e. The molecule has 0 atom stereocenters. The number of fused-ring (bicyclic) bond motifs is 1. The third-order valence-corrected chi connectivity index (χ3v) is 3.87. The van der Waals surface area contributed by atoms with E-state index in [1.807, 2.05) is 6.20 Å². The number of nitrogens with zero attached hydrogens (tertiary/aromatic N) is 2. The number of H-pyrrole nitrogens is 1. The fraction of sp³-hybridized carbons (Fsp3) is 0.263. The molecule has 1 aromatic heterocycles. The number of aliphatic imine (C=N–C) groups is 1. The van der Waals surface area contributed by atoms with Gasteiger partial charge in [0.05, 0.1) is 6.54 Å². The minimum absolute atomic E-state index is 0.917. The summed E-state index contributed by atoms with van der Waals surface area (Å²) < 4.78 is 0. The molecule has 1 aliphatic heterocycles. The number of hydrogen-bond acceptors (Lipinski definition) is 3. The second-order valence-corrected chi connectivity index (χ2v) is 5.46. The van der Waals surface area contributed by atoms with E-state index in [2.05, 4.69) is 69.7 Å². The van der Waals surface area contributed by atoms with Crippen LogP contribution in [0, 0.1) is 0 Å². The summed E-state index contributed by atoms with van der Waals surface area (Å²) in [4.78, 5) is 11.4. The zero-order valence-electron chi connectivity index (χ0n) is 13.4. The summed E-state index contributed by atoms with van der Waals surface area (Å²) in [5.41, 5.74) is 1.35. The van der Waals surface area contributed by atoms with Crippen LogP contribution in [0.4, 0.5) is 0 Å². The van der Waals surface area contributed by atoms with Crippen molar-refractivity contribution in [2.24, 2.45) is 4.99 Å². The fourth-order valence-electron chi connectivity index (χ4n) is 2.68. The van der Waals surface area contributed by atoms with Crippen LogP contribution in [0.1, 0.15) is 18.3 Å². The summed E-state index contributed by atoms with van der Waals surface area (Å²) in [5, 5.41) is 5.96. The van der Waals surface area contributed by atoms with Crippen LogP contribution in [0.25, 0.3) is 10.8 Å². The topological polar surface area (TPSA) is 53.1 Å². The van der Waals surface area contributed by atoms with Gasteiger partial charge in [0.2, 0.25) is 0 Å². The molecule has 3 aromatic rings. The van der Waals surface area contributed by atoms with Crippen LogP contribution in [0.3, 0.4) is 0 Å². The van der Waals surface area contributed by atoms with Crippen LogP contribution in [-0.2, 0) is 12.8 Å². The molecule has 0 amide bonds. The zero-order valence-corrected chi connectivity index (χ0v) is 13.4. The molecule has 4 heteroatoms. The lowest BCUT2D eigenvalue weighted by Gasteiger charge is -2.06. The van der Waals surface area contributed by atoms with Crippen LogP contribution in [0.15, 0.2) is 59.9 Å². The number of aryl methyl sites for hydroxylation is 1. The molecule has 1 aliphatic rings. The van der Waals surface area contributed by atoms with Crippen molar-refractivity contribution in [3.63, 3.8) is 0 Å². The van der Waals surface area contributed by atoms with Gasteiger partial charge >= 0.3 is 0 Å². The molecule has 4 nitrogen and oxygen atoms in total.